The van der Waals surface area contributed by atoms with Crippen molar-refractivity contribution in [2.45, 2.75) is 6.23 Å². The number of halogens is 3. The summed E-state index contributed by atoms with van der Waals surface area (Å²) in [5, 5.41) is 3.14. The van der Waals surface area contributed by atoms with Gasteiger partial charge in [-0.2, -0.15) is 0 Å². The molecule has 0 amide bonds. The summed E-state index contributed by atoms with van der Waals surface area (Å²) in [6, 6.07) is 9.12. The summed E-state index contributed by atoms with van der Waals surface area (Å²) < 4.78 is 32.9. The molecule has 2 aromatic carbocycles. The van der Waals surface area contributed by atoms with E-state index in [1.807, 2.05) is 18.2 Å². The van der Waals surface area contributed by atoms with Gasteiger partial charge in [0, 0.05) is 16.1 Å². The molecule has 1 aliphatic rings. The summed E-state index contributed by atoms with van der Waals surface area (Å²) in [4.78, 5) is 0. The Balaban J connectivity index is 1.75. The highest BCUT2D eigenvalue weighted by atomic mass is 79.9. The maximum Gasteiger partial charge on any atom is 0.190 e. The van der Waals surface area contributed by atoms with Crippen molar-refractivity contribution in [2.75, 3.05) is 5.32 Å². The zero-order valence-corrected chi connectivity index (χ0v) is 11.8. The van der Waals surface area contributed by atoms with Gasteiger partial charge >= 0.3 is 0 Å². The number of rotatable bonds is 2. The fraction of sp³-hybridized carbons (Fsp3) is 0.0667. The molecule has 0 fully saturated rings. The van der Waals surface area contributed by atoms with Crippen LogP contribution in [0.4, 0.5) is 14.5 Å². The molecule has 1 heterocycles. The Morgan fingerprint density at radius 2 is 2.00 bits per heavy atom. The lowest BCUT2D eigenvalue weighted by Gasteiger charge is -2.05. The molecule has 102 valence electrons. The summed E-state index contributed by atoms with van der Waals surface area (Å²) in [5.74, 6) is -0.458. The Hall–Kier alpha value is -1.88. The molecular weight excluding hydrogens is 328 g/mol. The van der Waals surface area contributed by atoms with E-state index >= 15 is 0 Å². The summed E-state index contributed by atoms with van der Waals surface area (Å²) in [6.07, 6.45) is 2.88. The minimum absolute atomic E-state index is 0.314. The number of ether oxygens (including phenoxy) is 1. The number of anilines is 1. The van der Waals surface area contributed by atoms with Crippen LogP contribution in [0.3, 0.4) is 0 Å². The van der Waals surface area contributed by atoms with Gasteiger partial charge in [0.1, 0.15) is 17.4 Å². The fourth-order valence-electron chi connectivity index (χ4n) is 1.95. The SMILES string of the molecule is Fc1ccc(C=CC2Nc3ccc(Br)cc3O2)c(F)c1. The highest BCUT2D eigenvalue weighted by molar-refractivity contribution is 9.10. The molecule has 3 rings (SSSR count). The third kappa shape index (κ3) is 2.67. The fourth-order valence-corrected chi connectivity index (χ4v) is 2.29. The van der Waals surface area contributed by atoms with Crippen LogP contribution in [0.5, 0.6) is 5.75 Å². The first-order chi connectivity index (χ1) is 9.61. The molecule has 0 spiro atoms. The van der Waals surface area contributed by atoms with Crippen molar-refractivity contribution in [3.8, 4) is 5.75 Å². The lowest BCUT2D eigenvalue weighted by atomic mass is 10.2. The first-order valence-electron chi connectivity index (χ1n) is 5.98. The van der Waals surface area contributed by atoms with Crippen molar-refractivity contribution in [1.29, 1.82) is 0 Å². The van der Waals surface area contributed by atoms with Gasteiger partial charge in [0.05, 0.1) is 5.69 Å². The minimum Gasteiger partial charge on any atom is -0.465 e. The third-order valence-corrected chi connectivity index (χ3v) is 3.40. The van der Waals surface area contributed by atoms with Gasteiger partial charge in [-0.25, -0.2) is 8.78 Å². The Morgan fingerprint density at radius 1 is 1.15 bits per heavy atom. The molecule has 0 saturated heterocycles. The average Bonchev–Trinajstić information content (AvgIpc) is 2.79. The van der Waals surface area contributed by atoms with Crippen LogP contribution in [0.2, 0.25) is 0 Å². The topological polar surface area (TPSA) is 21.3 Å². The molecule has 0 radical (unpaired) electrons. The molecule has 0 bridgehead atoms. The van der Waals surface area contributed by atoms with Crippen LogP contribution in [-0.2, 0) is 0 Å². The molecule has 0 aromatic heterocycles. The van der Waals surface area contributed by atoms with Crippen molar-refractivity contribution >= 4 is 27.7 Å². The molecule has 1 N–H and O–H groups in total. The van der Waals surface area contributed by atoms with Crippen molar-refractivity contribution in [1.82, 2.24) is 0 Å². The van der Waals surface area contributed by atoms with E-state index in [2.05, 4.69) is 21.2 Å². The highest BCUT2D eigenvalue weighted by Gasteiger charge is 2.19. The van der Waals surface area contributed by atoms with Gasteiger partial charge in [-0.3, -0.25) is 0 Å². The van der Waals surface area contributed by atoms with Gasteiger partial charge in [0.15, 0.2) is 6.23 Å². The van der Waals surface area contributed by atoms with E-state index in [-0.39, 0.29) is 6.23 Å². The molecule has 2 aromatic rings. The van der Waals surface area contributed by atoms with Gasteiger partial charge in [0.25, 0.3) is 0 Å². The maximum atomic E-state index is 13.5. The number of nitrogens with one attached hydrogen (secondary N) is 1. The molecular formula is C15H10BrF2NO. The summed E-state index contributed by atoms with van der Waals surface area (Å²) in [5.41, 5.74) is 1.19. The number of benzene rings is 2. The van der Waals surface area contributed by atoms with E-state index in [0.717, 1.165) is 22.0 Å². The van der Waals surface area contributed by atoms with E-state index in [9.17, 15) is 8.78 Å². The molecule has 1 unspecified atom stereocenters. The van der Waals surface area contributed by atoms with Crippen LogP contribution in [-0.4, -0.2) is 6.23 Å². The third-order valence-electron chi connectivity index (χ3n) is 2.91. The van der Waals surface area contributed by atoms with Crippen molar-refractivity contribution in [2.24, 2.45) is 0 Å². The zero-order chi connectivity index (χ0) is 14.1. The molecule has 5 heteroatoms. The van der Waals surface area contributed by atoms with E-state index in [1.165, 1.54) is 12.1 Å². The van der Waals surface area contributed by atoms with E-state index in [1.54, 1.807) is 12.2 Å². The zero-order valence-electron chi connectivity index (χ0n) is 10.2. The van der Waals surface area contributed by atoms with Crippen LogP contribution >= 0.6 is 15.9 Å². The predicted octanol–water partition coefficient (Wildman–Crippen LogP) is 4.57. The Morgan fingerprint density at radius 3 is 2.80 bits per heavy atom. The van der Waals surface area contributed by atoms with Crippen molar-refractivity contribution in [3.05, 3.63) is 64.1 Å². The maximum absolute atomic E-state index is 13.5. The van der Waals surface area contributed by atoms with Crippen molar-refractivity contribution < 1.29 is 13.5 Å². The first kappa shape index (κ1) is 13.1. The van der Waals surface area contributed by atoms with Crippen LogP contribution < -0.4 is 10.1 Å². The largest absolute Gasteiger partial charge is 0.465 e. The number of fused-ring (bicyclic) bond motifs is 1. The van der Waals surface area contributed by atoms with E-state index in [4.69, 9.17) is 4.74 Å². The smallest absolute Gasteiger partial charge is 0.190 e. The van der Waals surface area contributed by atoms with Crippen LogP contribution in [0.15, 0.2) is 46.9 Å². The van der Waals surface area contributed by atoms with Crippen LogP contribution in [0.25, 0.3) is 6.08 Å². The van der Waals surface area contributed by atoms with E-state index < -0.39 is 11.6 Å². The highest BCUT2D eigenvalue weighted by Crippen LogP contribution is 2.34. The molecule has 0 saturated carbocycles. The van der Waals surface area contributed by atoms with Gasteiger partial charge in [-0.1, -0.05) is 22.0 Å². The lowest BCUT2D eigenvalue weighted by Crippen LogP contribution is -2.16. The standard InChI is InChI=1S/C15H10BrF2NO/c16-10-3-5-13-14(7-10)20-15(19-13)6-2-9-1-4-11(17)8-12(9)18/h1-8,15,19H. The monoisotopic (exact) mass is 337 g/mol. The molecule has 1 aliphatic heterocycles. The van der Waals surface area contributed by atoms with Gasteiger partial charge in [0.2, 0.25) is 0 Å². The van der Waals surface area contributed by atoms with E-state index in [0.29, 0.717) is 5.56 Å². The first-order valence-corrected chi connectivity index (χ1v) is 6.77. The summed E-state index contributed by atoms with van der Waals surface area (Å²) >= 11 is 3.37. The quantitative estimate of drug-likeness (QED) is 0.866. The lowest BCUT2D eigenvalue weighted by molar-refractivity contribution is 0.303. The molecule has 0 aliphatic carbocycles. The Kier molecular flexibility index (Phi) is 3.44. The second kappa shape index (κ2) is 5.25. The van der Waals surface area contributed by atoms with Gasteiger partial charge < -0.3 is 10.1 Å². The number of hydrogen-bond donors (Lipinski definition) is 1. The van der Waals surface area contributed by atoms with Crippen molar-refractivity contribution in [3.63, 3.8) is 0 Å². The summed E-state index contributed by atoms with van der Waals surface area (Å²) in [7, 11) is 0. The predicted molar refractivity (Wildman–Crippen MR) is 77.6 cm³/mol. The normalized spacial score (nSPS) is 16.9. The second-order valence-electron chi connectivity index (χ2n) is 4.35. The second-order valence-corrected chi connectivity index (χ2v) is 5.26. The van der Waals surface area contributed by atoms with Crippen LogP contribution in [0.1, 0.15) is 5.56 Å². The Labute approximate surface area is 123 Å². The Bertz CT molecular complexity index is 688. The van der Waals surface area contributed by atoms with Crippen LogP contribution in [0, 0.1) is 11.6 Å². The molecule has 1 atom stereocenters. The van der Waals surface area contributed by atoms with Gasteiger partial charge in [-0.05, 0) is 36.4 Å². The molecule has 20 heavy (non-hydrogen) atoms. The molecule has 2 nitrogen and oxygen atoms in total. The van der Waals surface area contributed by atoms with Gasteiger partial charge in [-0.15, -0.1) is 0 Å². The summed E-state index contributed by atoms with van der Waals surface area (Å²) in [6.45, 7) is 0. The number of hydrogen-bond acceptors (Lipinski definition) is 2. The minimum atomic E-state index is -0.598. The average molecular weight is 338 g/mol.